The van der Waals surface area contributed by atoms with Gasteiger partial charge < -0.3 is 0 Å². The molecule has 1 atom stereocenters. The lowest BCUT2D eigenvalue weighted by atomic mass is 9.69. The summed E-state index contributed by atoms with van der Waals surface area (Å²) in [6.07, 6.45) is 2.94. The van der Waals surface area contributed by atoms with E-state index in [0.717, 1.165) is 9.90 Å². The van der Waals surface area contributed by atoms with Crippen molar-refractivity contribution in [3.63, 3.8) is 0 Å². The molecular weight excluding hydrogens is 421 g/mol. The Bertz CT molecular complexity index is 1040. The third kappa shape index (κ3) is 3.98. The van der Waals surface area contributed by atoms with E-state index in [4.69, 9.17) is 0 Å². The van der Waals surface area contributed by atoms with Gasteiger partial charge in [0.25, 0.3) is 0 Å². The van der Waals surface area contributed by atoms with Crippen LogP contribution in [-0.2, 0) is 9.59 Å². The molecule has 2 aliphatic rings. The minimum atomic E-state index is -0.365. The lowest BCUT2D eigenvalue weighted by molar-refractivity contribution is -0.121. The van der Waals surface area contributed by atoms with Gasteiger partial charge >= 0.3 is 0 Å². The van der Waals surface area contributed by atoms with Gasteiger partial charge in [-0.05, 0) is 29.5 Å². The molecule has 8 heteroatoms. The van der Waals surface area contributed by atoms with Gasteiger partial charge in [0.2, 0.25) is 11.0 Å². The molecule has 5 nitrogen and oxygen atoms in total. The van der Waals surface area contributed by atoms with Crippen molar-refractivity contribution in [3.8, 4) is 0 Å². The van der Waals surface area contributed by atoms with Gasteiger partial charge in [-0.2, -0.15) is 0 Å². The van der Waals surface area contributed by atoms with Gasteiger partial charge in [0.15, 0.2) is 10.1 Å². The van der Waals surface area contributed by atoms with Crippen molar-refractivity contribution in [1.29, 1.82) is 0 Å². The molecule has 0 unspecified atom stereocenters. The van der Waals surface area contributed by atoms with E-state index in [2.05, 4.69) is 16.8 Å². The van der Waals surface area contributed by atoms with Crippen LogP contribution in [0.2, 0.25) is 0 Å². The third-order valence-corrected chi connectivity index (χ3v) is 7.36. The first-order valence-electron chi connectivity index (χ1n) is 9.71. The van der Waals surface area contributed by atoms with E-state index in [1.54, 1.807) is 23.1 Å². The molecular formula is C22H22FN3O2S2. The highest BCUT2D eigenvalue weighted by Gasteiger charge is 2.45. The normalized spacial score (nSPS) is 21.0. The molecule has 1 aliphatic carbocycles. The number of allylic oxidation sites excluding steroid dienone is 2. The molecule has 0 bridgehead atoms. The number of nitrogens with zero attached hydrogens (tertiary/aromatic N) is 3. The lowest BCUT2D eigenvalue weighted by Gasteiger charge is -2.41. The van der Waals surface area contributed by atoms with Gasteiger partial charge in [-0.3, -0.25) is 14.5 Å². The molecule has 0 fully saturated rings. The highest BCUT2D eigenvalue weighted by molar-refractivity contribution is 8.01. The Kier molecular flexibility index (Phi) is 5.63. The van der Waals surface area contributed by atoms with Crippen LogP contribution in [0.5, 0.6) is 0 Å². The number of aromatic nitrogens is 2. The zero-order chi connectivity index (χ0) is 21.5. The second-order valence-electron chi connectivity index (χ2n) is 8.29. The zero-order valence-corrected chi connectivity index (χ0v) is 18.5. The van der Waals surface area contributed by atoms with E-state index in [-0.39, 0.29) is 35.3 Å². The number of Topliss-reactive ketones (excluding diaryl/α,β-unsaturated/α-hetero) is 1. The van der Waals surface area contributed by atoms with Crippen molar-refractivity contribution < 1.29 is 14.0 Å². The minimum absolute atomic E-state index is 0.0406. The van der Waals surface area contributed by atoms with Crippen LogP contribution < -0.4 is 4.90 Å². The number of carbonyl (C=O) groups is 2. The number of rotatable bonds is 5. The number of hydrogen-bond acceptors (Lipinski definition) is 6. The first-order chi connectivity index (χ1) is 14.3. The van der Waals surface area contributed by atoms with Crippen LogP contribution in [0.4, 0.5) is 9.52 Å². The van der Waals surface area contributed by atoms with Crippen molar-refractivity contribution in [2.75, 3.05) is 10.7 Å². The Labute approximate surface area is 183 Å². The Morgan fingerprint density at radius 3 is 2.70 bits per heavy atom. The molecule has 4 rings (SSSR count). The third-order valence-electron chi connectivity index (χ3n) is 5.33. The largest absolute Gasteiger partial charge is 0.294 e. The average Bonchev–Trinajstić information content (AvgIpc) is 3.13. The Balaban J connectivity index is 1.81. The van der Waals surface area contributed by atoms with Crippen molar-refractivity contribution in [2.24, 2.45) is 5.41 Å². The molecule has 2 aromatic rings. The summed E-state index contributed by atoms with van der Waals surface area (Å²) in [6.45, 7) is 7.77. The average molecular weight is 444 g/mol. The molecule has 1 aliphatic heterocycles. The van der Waals surface area contributed by atoms with Crippen molar-refractivity contribution >= 4 is 39.9 Å². The van der Waals surface area contributed by atoms with Gasteiger partial charge in [0.05, 0.1) is 0 Å². The highest BCUT2D eigenvalue weighted by atomic mass is 32.2. The van der Waals surface area contributed by atoms with Gasteiger partial charge in [0.1, 0.15) is 5.82 Å². The highest BCUT2D eigenvalue weighted by Crippen LogP contribution is 2.48. The van der Waals surface area contributed by atoms with E-state index in [1.807, 2.05) is 13.8 Å². The van der Waals surface area contributed by atoms with Crippen LogP contribution in [0, 0.1) is 11.2 Å². The zero-order valence-electron chi connectivity index (χ0n) is 16.9. The van der Waals surface area contributed by atoms with Crippen LogP contribution in [0.1, 0.15) is 44.6 Å². The molecule has 1 aromatic carbocycles. The molecule has 156 valence electrons. The molecule has 0 saturated heterocycles. The fraction of sp³-hybridized carbons (Fsp3) is 0.364. The van der Waals surface area contributed by atoms with E-state index in [1.165, 1.54) is 35.2 Å². The molecule has 30 heavy (non-hydrogen) atoms. The summed E-state index contributed by atoms with van der Waals surface area (Å²) in [5, 5.41) is 8.91. The number of amides is 1. The fourth-order valence-corrected chi connectivity index (χ4v) is 5.74. The van der Waals surface area contributed by atoms with Gasteiger partial charge in [-0.1, -0.05) is 55.2 Å². The van der Waals surface area contributed by atoms with Gasteiger partial charge in [-0.25, -0.2) is 4.39 Å². The maximum atomic E-state index is 13.4. The van der Waals surface area contributed by atoms with Crippen LogP contribution in [0.15, 0.2) is 52.5 Å². The number of thioether (sulfide) groups is 1. The summed E-state index contributed by atoms with van der Waals surface area (Å²) in [7, 11) is 0. The molecule has 1 amide bonds. The maximum absolute atomic E-state index is 13.4. The standard InChI is InChI=1S/C22H22FN3O2S2/c1-4-9-29-21-25-24-20(30-21)26-16-11-22(2,3)12-17(27)19(16)15(10-18(26)28)13-5-7-14(23)8-6-13/h4-8,15H,1,9-12H2,2-3H3/t15-/m0/s1. The topological polar surface area (TPSA) is 63.2 Å². The molecule has 1 aromatic heterocycles. The summed E-state index contributed by atoms with van der Waals surface area (Å²) < 4.78 is 14.2. The minimum Gasteiger partial charge on any atom is -0.294 e. The van der Waals surface area contributed by atoms with Crippen LogP contribution in [-0.4, -0.2) is 27.6 Å². The monoisotopic (exact) mass is 443 g/mol. The summed E-state index contributed by atoms with van der Waals surface area (Å²) in [4.78, 5) is 28.1. The lowest BCUT2D eigenvalue weighted by Crippen LogP contribution is -2.43. The Morgan fingerprint density at radius 1 is 1.27 bits per heavy atom. The van der Waals surface area contributed by atoms with E-state index in [9.17, 15) is 14.0 Å². The summed E-state index contributed by atoms with van der Waals surface area (Å²) >= 11 is 2.85. The number of carbonyl (C=O) groups excluding carboxylic acids is 2. The van der Waals surface area contributed by atoms with Crippen molar-refractivity contribution in [3.05, 3.63) is 59.6 Å². The number of halogens is 1. The molecule has 0 radical (unpaired) electrons. The van der Waals surface area contributed by atoms with E-state index >= 15 is 0 Å². The summed E-state index contributed by atoms with van der Waals surface area (Å²) in [5.74, 6) is -0.0835. The quantitative estimate of drug-likeness (QED) is 0.365. The number of ketones is 1. The maximum Gasteiger partial charge on any atom is 0.234 e. The summed E-state index contributed by atoms with van der Waals surface area (Å²) in [5.41, 5.74) is 1.88. The van der Waals surface area contributed by atoms with Gasteiger partial charge in [-0.15, -0.1) is 16.8 Å². The van der Waals surface area contributed by atoms with Crippen LogP contribution >= 0.6 is 23.1 Å². The Hall–Kier alpha value is -2.32. The van der Waals surface area contributed by atoms with Crippen molar-refractivity contribution in [1.82, 2.24) is 10.2 Å². The SMILES string of the molecule is C=CCSc1nnc(N2C(=O)C[C@@H](c3ccc(F)cc3)C3=C2CC(C)(C)CC3=O)s1. The predicted octanol–water partition coefficient (Wildman–Crippen LogP) is 5.12. The Morgan fingerprint density at radius 2 is 2.00 bits per heavy atom. The van der Waals surface area contributed by atoms with E-state index < -0.39 is 0 Å². The molecule has 0 N–H and O–H groups in total. The smallest absolute Gasteiger partial charge is 0.234 e. The molecule has 0 saturated carbocycles. The second kappa shape index (κ2) is 8.07. The van der Waals surface area contributed by atoms with Gasteiger partial charge in [0, 0.05) is 35.8 Å². The predicted molar refractivity (Wildman–Crippen MR) is 117 cm³/mol. The van der Waals surface area contributed by atoms with Crippen molar-refractivity contribution in [2.45, 2.75) is 43.4 Å². The van der Waals surface area contributed by atoms with E-state index in [0.29, 0.717) is 35.0 Å². The first-order valence-corrected chi connectivity index (χ1v) is 11.5. The second-order valence-corrected chi connectivity index (χ2v) is 10.5. The fourth-order valence-electron chi connectivity index (χ4n) is 4.10. The number of anilines is 1. The molecule has 0 spiro atoms. The first kappa shape index (κ1) is 20.9. The number of benzene rings is 1. The molecule has 2 heterocycles. The summed E-state index contributed by atoms with van der Waals surface area (Å²) in [6, 6.07) is 6.07. The van der Waals surface area contributed by atoms with Crippen LogP contribution in [0.25, 0.3) is 0 Å². The number of hydrogen-bond donors (Lipinski definition) is 0. The van der Waals surface area contributed by atoms with Crippen LogP contribution in [0.3, 0.4) is 0 Å².